The molecule has 1 unspecified atom stereocenters. The molecule has 1 aliphatic carbocycles. The molecule has 1 aromatic heterocycles. The molecule has 1 aliphatic rings. The summed E-state index contributed by atoms with van der Waals surface area (Å²) in [5.74, 6) is -0.203. The fourth-order valence-electron chi connectivity index (χ4n) is 2.47. The van der Waals surface area contributed by atoms with E-state index in [2.05, 4.69) is 0 Å². The fourth-order valence-corrected chi connectivity index (χ4v) is 2.47. The monoisotopic (exact) mass is 298 g/mol. The summed E-state index contributed by atoms with van der Waals surface area (Å²) in [6, 6.07) is 10.3. The van der Waals surface area contributed by atoms with Crippen LogP contribution in [0.25, 0.3) is 5.57 Å². The molecule has 0 spiro atoms. The van der Waals surface area contributed by atoms with Crippen molar-refractivity contribution < 1.29 is 23.5 Å². The molecule has 5 heteroatoms. The molecular weight excluding hydrogens is 284 g/mol. The lowest BCUT2D eigenvalue weighted by Gasteiger charge is -2.14. The average Bonchev–Trinajstić information content (AvgIpc) is 3.08. The van der Waals surface area contributed by atoms with Crippen molar-refractivity contribution in [1.29, 1.82) is 0 Å². The number of ether oxygens (including phenoxy) is 2. The van der Waals surface area contributed by atoms with Gasteiger partial charge >= 0.3 is 5.97 Å². The number of ketones is 1. The molecule has 22 heavy (non-hydrogen) atoms. The Kier molecular flexibility index (Phi) is 3.33. The Labute approximate surface area is 127 Å². The maximum atomic E-state index is 12.6. The van der Waals surface area contributed by atoms with Crippen LogP contribution in [0.3, 0.4) is 0 Å². The number of Topliss-reactive ketones (excluding diaryl/α,β-unsaturated/α-hetero) is 1. The molecule has 1 aromatic carbocycles. The van der Waals surface area contributed by atoms with Crippen LogP contribution in [0.1, 0.15) is 16.1 Å². The highest BCUT2D eigenvalue weighted by atomic mass is 16.5. The molecule has 1 heterocycles. The van der Waals surface area contributed by atoms with E-state index in [1.54, 1.807) is 43.5 Å². The lowest BCUT2D eigenvalue weighted by Crippen LogP contribution is -2.30. The number of carbonyl (C=O) groups excluding carboxylic acids is 2. The molecule has 0 N–H and O–H groups in total. The first-order chi connectivity index (χ1) is 10.6. The van der Waals surface area contributed by atoms with Gasteiger partial charge in [-0.15, -0.1) is 0 Å². The van der Waals surface area contributed by atoms with Crippen molar-refractivity contribution in [3.63, 3.8) is 0 Å². The Hall–Kier alpha value is -2.82. The van der Waals surface area contributed by atoms with Crippen LogP contribution in [-0.2, 0) is 9.53 Å². The van der Waals surface area contributed by atoms with Crippen molar-refractivity contribution in [2.45, 2.75) is 0 Å². The van der Waals surface area contributed by atoms with Gasteiger partial charge in [-0.1, -0.05) is 12.1 Å². The van der Waals surface area contributed by atoms with E-state index in [9.17, 15) is 9.59 Å². The van der Waals surface area contributed by atoms with Crippen LogP contribution >= 0.6 is 0 Å². The Morgan fingerprint density at radius 2 is 1.82 bits per heavy atom. The molecule has 1 atom stereocenters. The van der Waals surface area contributed by atoms with E-state index in [-0.39, 0.29) is 5.76 Å². The van der Waals surface area contributed by atoms with Crippen molar-refractivity contribution in [1.82, 2.24) is 0 Å². The predicted molar refractivity (Wildman–Crippen MR) is 78.5 cm³/mol. The van der Waals surface area contributed by atoms with Gasteiger partial charge in [0, 0.05) is 0 Å². The predicted octanol–water partition coefficient (Wildman–Crippen LogP) is 2.73. The summed E-state index contributed by atoms with van der Waals surface area (Å²) in [5.41, 5.74) is -0.00390. The minimum absolute atomic E-state index is 0.130. The van der Waals surface area contributed by atoms with Gasteiger partial charge in [-0.2, -0.15) is 0 Å². The summed E-state index contributed by atoms with van der Waals surface area (Å²) in [6.45, 7) is 0. The zero-order chi connectivity index (χ0) is 15.7. The number of benzene rings is 1. The molecule has 0 saturated carbocycles. The standard InChI is InChI=1S/C17H14O5/c1-20-12-7-5-11(6-8-12)13-10-17(13,16(19)21-2)15(18)14-4-3-9-22-14/h3-10H,1-2H3. The molecule has 0 amide bonds. The molecule has 0 bridgehead atoms. The van der Waals surface area contributed by atoms with E-state index >= 15 is 0 Å². The number of hydrogen-bond donors (Lipinski definition) is 0. The van der Waals surface area contributed by atoms with Gasteiger partial charge in [0.15, 0.2) is 11.2 Å². The first-order valence-corrected chi connectivity index (χ1v) is 6.68. The van der Waals surface area contributed by atoms with Crippen molar-refractivity contribution >= 4 is 17.3 Å². The van der Waals surface area contributed by atoms with E-state index in [0.717, 1.165) is 5.56 Å². The van der Waals surface area contributed by atoms with E-state index in [4.69, 9.17) is 13.9 Å². The largest absolute Gasteiger partial charge is 0.497 e. The zero-order valence-corrected chi connectivity index (χ0v) is 12.2. The third-order valence-electron chi connectivity index (χ3n) is 3.71. The molecule has 3 rings (SSSR count). The number of furan rings is 1. The quantitative estimate of drug-likeness (QED) is 0.482. The number of hydrogen-bond acceptors (Lipinski definition) is 5. The minimum Gasteiger partial charge on any atom is -0.497 e. The van der Waals surface area contributed by atoms with Gasteiger partial charge in [-0.3, -0.25) is 9.59 Å². The van der Waals surface area contributed by atoms with Gasteiger partial charge in [0.05, 0.1) is 20.5 Å². The Morgan fingerprint density at radius 3 is 2.36 bits per heavy atom. The lowest BCUT2D eigenvalue weighted by molar-refractivity contribution is -0.143. The molecule has 0 aliphatic heterocycles. The smallest absolute Gasteiger partial charge is 0.328 e. The van der Waals surface area contributed by atoms with Gasteiger partial charge in [0.25, 0.3) is 0 Å². The highest BCUT2D eigenvalue weighted by molar-refractivity contribution is 6.28. The molecule has 0 radical (unpaired) electrons. The van der Waals surface area contributed by atoms with E-state index in [1.165, 1.54) is 19.4 Å². The summed E-state index contributed by atoms with van der Waals surface area (Å²) < 4.78 is 15.0. The number of carbonyl (C=O) groups is 2. The molecular formula is C17H14O5. The Bertz CT molecular complexity index is 740. The summed E-state index contributed by atoms with van der Waals surface area (Å²) in [5, 5.41) is 0. The molecule has 5 nitrogen and oxygen atoms in total. The van der Waals surface area contributed by atoms with Crippen LogP contribution in [0.15, 0.2) is 53.2 Å². The van der Waals surface area contributed by atoms with Crippen molar-refractivity contribution in [3.05, 3.63) is 60.1 Å². The topological polar surface area (TPSA) is 65.7 Å². The lowest BCUT2D eigenvalue weighted by atomic mass is 9.90. The third-order valence-corrected chi connectivity index (χ3v) is 3.71. The van der Waals surface area contributed by atoms with Crippen molar-refractivity contribution in [3.8, 4) is 5.75 Å². The van der Waals surface area contributed by atoms with Crippen LogP contribution in [-0.4, -0.2) is 26.0 Å². The van der Waals surface area contributed by atoms with E-state index < -0.39 is 17.2 Å². The van der Waals surface area contributed by atoms with Gasteiger partial charge in [-0.05, 0) is 41.5 Å². The van der Waals surface area contributed by atoms with Crippen LogP contribution in [0.2, 0.25) is 0 Å². The molecule has 112 valence electrons. The van der Waals surface area contributed by atoms with Gasteiger partial charge in [0.1, 0.15) is 5.75 Å². The van der Waals surface area contributed by atoms with Crippen LogP contribution < -0.4 is 4.74 Å². The Morgan fingerprint density at radius 1 is 1.09 bits per heavy atom. The van der Waals surface area contributed by atoms with Crippen LogP contribution in [0.5, 0.6) is 5.75 Å². The number of methoxy groups -OCH3 is 2. The van der Waals surface area contributed by atoms with Gasteiger partial charge in [-0.25, -0.2) is 0 Å². The second kappa shape index (κ2) is 5.18. The molecule has 0 saturated heterocycles. The van der Waals surface area contributed by atoms with Gasteiger partial charge < -0.3 is 13.9 Å². The van der Waals surface area contributed by atoms with Crippen molar-refractivity contribution in [2.75, 3.05) is 14.2 Å². The first-order valence-electron chi connectivity index (χ1n) is 6.68. The van der Waals surface area contributed by atoms with Gasteiger partial charge in [0.2, 0.25) is 5.78 Å². The molecule has 2 aromatic rings. The van der Waals surface area contributed by atoms with E-state index in [0.29, 0.717) is 11.3 Å². The van der Waals surface area contributed by atoms with Crippen LogP contribution in [0.4, 0.5) is 0 Å². The maximum absolute atomic E-state index is 12.6. The zero-order valence-electron chi connectivity index (χ0n) is 12.2. The summed E-state index contributed by atoms with van der Waals surface area (Å²) in [6.07, 6.45) is 3.00. The SMILES string of the molecule is COC(=O)C1(C(=O)c2ccco2)C=C1c1ccc(OC)cc1. The normalized spacial score (nSPS) is 19.3. The minimum atomic E-state index is -1.39. The van der Waals surface area contributed by atoms with E-state index in [1.807, 2.05) is 0 Å². The summed E-state index contributed by atoms with van der Waals surface area (Å²) in [7, 11) is 2.84. The van der Waals surface area contributed by atoms with Crippen molar-refractivity contribution in [2.24, 2.45) is 5.41 Å². The Balaban J connectivity index is 1.94. The highest BCUT2D eigenvalue weighted by Crippen LogP contribution is 2.54. The average molecular weight is 298 g/mol. The third kappa shape index (κ3) is 2.02. The van der Waals surface area contributed by atoms with Crippen LogP contribution in [0, 0.1) is 5.41 Å². The second-order valence-electron chi connectivity index (χ2n) is 4.89. The summed E-state index contributed by atoms with van der Waals surface area (Å²) in [4.78, 5) is 24.8. The molecule has 0 fully saturated rings. The highest BCUT2D eigenvalue weighted by Gasteiger charge is 2.59. The maximum Gasteiger partial charge on any atom is 0.328 e. The second-order valence-corrected chi connectivity index (χ2v) is 4.89. The number of rotatable bonds is 5. The first kappa shape index (κ1) is 14.1. The fraction of sp³-hybridized carbons (Fsp3) is 0.176. The number of esters is 1. The summed E-state index contributed by atoms with van der Waals surface area (Å²) >= 11 is 0.